The predicted octanol–water partition coefficient (Wildman–Crippen LogP) is 2.38. The molecule has 0 N–H and O–H groups in total. The second kappa shape index (κ2) is 6.35. The number of benzene rings is 1. The van der Waals surface area contributed by atoms with E-state index >= 15 is 0 Å². The third-order valence-corrected chi connectivity index (χ3v) is 2.71. The molecule has 0 radical (unpaired) electrons. The van der Waals surface area contributed by atoms with Gasteiger partial charge in [0.05, 0.1) is 7.11 Å². The molecule has 1 aromatic rings. The molecule has 1 rings (SSSR count). The maximum Gasteiger partial charge on any atom is 0.305 e. The summed E-state index contributed by atoms with van der Waals surface area (Å²) in [4.78, 5) is 13.1. The van der Waals surface area contributed by atoms with E-state index in [0.717, 1.165) is 5.56 Å². The minimum atomic E-state index is -0.257. The molecule has 0 spiro atoms. The number of hydrogen-bond donors (Lipinski definition) is 0. The van der Waals surface area contributed by atoms with Gasteiger partial charge in [-0.25, -0.2) is 4.39 Å². The average molecular weight is 239 g/mol. The Morgan fingerprint density at radius 2 is 2.18 bits per heavy atom. The van der Waals surface area contributed by atoms with Crippen molar-refractivity contribution in [3.8, 4) is 0 Å². The summed E-state index contributed by atoms with van der Waals surface area (Å²) in [5.74, 6) is -0.499. The lowest BCUT2D eigenvalue weighted by atomic mass is 10.0. The number of rotatable bonds is 5. The zero-order chi connectivity index (χ0) is 12.8. The van der Waals surface area contributed by atoms with Crippen molar-refractivity contribution in [1.82, 2.24) is 4.90 Å². The first-order chi connectivity index (χ1) is 8.04. The number of carbonyl (C=O) groups is 1. The van der Waals surface area contributed by atoms with E-state index in [1.54, 1.807) is 6.07 Å². The first-order valence-electron chi connectivity index (χ1n) is 5.53. The zero-order valence-corrected chi connectivity index (χ0v) is 10.4. The second-order valence-electron chi connectivity index (χ2n) is 4.15. The van der Waals surface area contributed by atoms with Crippen LogP contribution in [-0.4, -0.2) is 32.1 Å². The van der Waals surface area contributed by atoms with Crippen LogP contribution in [0.15, 0.2) is 24.3 Å². The SMILES string of the molecule is COC(=O)CCC(c1cccc(F)c1)N(C)C. The first kappa shape index (κ1) is 13.6. The summed E-state index contributed by atoms with van der Waals surface area (Å²) in [6, 6.07) is 6.48. The van der Waals surface area contributed by atoms with E-state index in [-0.39, 0.29) is 17.8 Å². The standard InChI is InChI=1S/C13H18FNO2/c1-15(2)12(7-8-13(16)17-3)10-5-4-6-11(14)9-10/h4-6,9,12H,7-8H2,1-3H3. The Morgan fingerprint density at radius 3 is 2.71 bits per heavy atom. The number of hydrogen-bond acceptors (Lipinski definition) is 3. The van der Waals surface area contributed by atoms with Crippen LogP contribution in [0.4, 0.5) is 4.39 Å². The fourth-order valence-electron chi connectivity index (χ4n) is 1.79. The molecule has 0 aliphatic heterocycles. The lowest BCUT2D eigenvalue weighted by Crippen LogP contribution is -2.21. The van der Waals surface area contributed by atoms with Crippen LogP contribution in [0.5, 0.6) is 0 Å². The van der Waals surface area contributed by atoms with Gasteiger partial charge in [0, 0.05) is 12.5 Å². The van der Waals surface area contributed by atoms with Crippen molar-refractivity contribution in [2.45, 2.75) is 18.9 Å². The van der Waals surface area contributed by atoms with Gasteiger partial charge in [-0.15, -0.1) is 0 Å². The van der Waals surface area contributed by atoms with Gasteiger partial charge in [0.15, 0.2) is 0 Å². The summed E-state index contributed by atoms with van der Waals surface area (Å²) >= 11 is 0. The van der Waals surface area contributed by atoms with Crippen molar-refractivity contribution in [3.05, 3.63) is 35.6 Å². The smallest absolute Gasteiger partial charge is 0.305 e. The van der Waals surface area contributed by atoms with E-state index in [0.29, 0.717) is 12.8 Å². The van der Waals surface area contributed by atoms with Crippen LogP contribution in [0.1, 0.15) is 24.4 Å². The van der Waals surface area contributed by atoms with Crippen molar-refractivity contribution in [3.63, 3.8) is 0 Å². The summed E-state index contributed by atoms with van der Waals surface area (Å²) in [5.41, 5.74) is 0.874. The first-order valence-corrected chi connectivity index (χ1v) is 5.53. The van der Waals surface area contributed by atoms with E-state index in [2.05, 4.69) is 4.74 Å². The van der Waals surface area contributed by atoms with Gasteiger partial charge in [-0.1, -0.05) is 12.1 Å². The Bertz CT molecular complexity index is 379. The topological polar surface area (TPSA) is 29.5 Å². The van der Waals surface area contributed by atoms with Crippen molar-refractivity contribution < 1.29 is 13.9 Å². The minimum Gasteiger partial charge on any atom is -0.469 e. The molecular weight excluding hydrogens is 221 g/mol. The normalized spacial score (nSPS) is 12.5. The highest BCUT2D eigenvalue weighted by molar-refractivity contribution is 5.69. The molecule has 0 fully saturated rings. The van der Waals surface area contributed by atoms with E-state index in [1.807, 2.05) is 25.1 Å². The summed E-state index contributed by atoms with van der Waals surface area (Å²) in [5, 5.41) is 0. The fourth-order valence-corrected chi connectivity index (χ4v) is 1.79. The average Bonchev–Trinajstić information content (AvgIpc) is 2.28. The van der Waals surface area contributed by atoms with E-state index in [1.165, 1.54) is 19.2 Å². The predicted molar refractivity (Wildman–Crippen MR) is 64.1 cm³/mol. The maximum absolute atomic E-state index is 13.1. The van der Waals surface area contributed by atoms with Gasteiger partial charge in [0.2, 0.25) is 0 Å². The Labute approximate surface area is 101 Å². The van der Waals surface area contributed by atoms with Crippen LogP contribution < -0.4 is 0 Å². The van der Waals surface area contributed by atoms with Gasteiger partial charge < -0.3 is 9.64 Å². The Kier molecular flexibility index (Phi) is 5.10. The number of halogens is 1. The van der Waals surface area contributed by atoms with Crippen LogP contribution in [-0.2, 0) is 9.53 Å². The Hall–Kier alpha value is -1.42. The molecule has 1 unspecified atom stereocenters. The van der Waals surface area contributed by atoms with Crippen molar-refractivity contribution in [2.24, 2.45) is 0 Å². The molecule has 0 saturated heterocycles. The molecule has 17 heavy (non-hydrogen) atoms. The second-order valence-corrected chi connectivity index (χ2v) is 4.15. The van der Waals surface area contributed by atoms with Gasteiger partial charge in [-0.2, -0.15) is 0 Å². The lowest BCUT2D eigenvalue weighted by Gasteiger charge is -2.24. The van der Waals surface area contributed by atoms with Crippen LogP contribution in [0.25, 0.3) is 0 Å². The number of methoxy groups -OCH3 is 1. The number of esters is 1. The van der Waals surface area contributed by atoms with Crippen LogP contribution in [0.3, 0.4) is 0 Å². The molecule has 4 heteroatoms. The van der Waals surface area contributed by atoms with E-state index < -0.39 is 0 Å². The van der Waals surface area contributed by atoms with Gasteiger partial charge in [-0.3, -0.25) is 4.79 Å². The highest BCUT2D eigenvalue weighted by atomic mass is 19.1. The van der Waals surface area contributed by atoms with Crippen LogP contribution in [0.2, 0.25) is 0 Å². The number of ether oxygens (including phenoxy) is 1. The third kappa shape index (κ3) is 4.15. The van der Waals surface area contributed by atoms with Crippen molar-refractivity contribution >= 4 is 5.97 Å². The summed E-state index contributed by atoms with van der Waals surface area (Å²) < 4.78 is 17.8. The van der Waals surface area contributed by atoms with E-state index in [9.17, 15) is 9.18 Å². The minimum absolute atomic E-state index is 0.0183. The van der Waals surface area contributed by atoms with E-state index in [4.69, 9.17) is 0 Å². The molecular formula is C13H18FNO2. The number of carbonyl (C=O) groups excluding carboxylic acids is 1. The Balaban J connectivity index is 2.75. The van der Waals surface area contributed by atoms with Crippen LogP contribution in [0, 0.1) is 5.82 Å². The molecule has 3 nitrogen and oxygen atoms in total. The maximum atomic E-state index is 13.1. The zero-order valence-electron chi connectivity index (χ0n) is 10.4. The van der Waals surface area contributed by atoms with Gasteiger partial charge >= 0.3 is 5.97 Å². The molecule has 1 aromatic carbocycles. The van der Waals surface area contributed by atoms with Crippen molar-refractivity contribution in [2.75, 3.05) is 21.2 Å². The molecule has 0 saturated carbocycles. The Morgan fingerprint density at radius 1 is 1.47 bits per heavy atom. The highest BCUT2D eigenvalue weighted by Gasteiger charge is 2.16. The molecule has 0 bridgehead atoms. The molecule has 0 heterocycles. The fraction of sp³-hybridized carbons (Fsp3) is 0.462. The van der Waals surface area contributed by atoms with Gasteiger partial charge in [-0.05, 0) is 38.2 Å². The number of nitrogens with zero attached hydrogens (tertiary/aromatic N) is 1. The molecule has 1 atom stereocenters. The van der Waals surface area contributed by atoms with Crippen LogP contribution >= 0.6 is 0 Å². The molecule has 0 amide bonds. The van der Waals surface area contributed by atoms with Crippen molar-refractivity contribution in [1.29, 1.82) is 0 Å². The third-order valence-electron chi connectivity index (χ3n) is 2.71. The molecule has 94 valence electrons. The largest absolute Gasteiger partial charge is 0.469 e. The monoisotopic (exact) mass is 239 g/mol. The lowest BCUT2D eigenvalue weighted by molar-refractivity contribution is -0.141. The molecule has 0 aromatic heterocycles. The van der Waals surface area contributed by atoms with Gasteiger partial charge in [0.25, 0.3) is 0 Å². The highest BCUT2D eigenvalue weighted by Crippen LogP contribution is 2.24. The summed E-state index contributed by atoms with van der Waals surface area (Å²) in [7, 11) is 5.19. The van der Waals surface area contributed by atoms with Gasteiger partial charge in [0.1, 0.15) is 5.82 Å². The summed E-state index contributed by atoms with van der Waals surface area (Å²) in [6.07, 6.45) is 0.943. The molecule has 0 aliphatic carbocycles. The summed E-state index contributed by atoms with van der Waals surface area (Å²) in [6.45, 7) is 0. The molecule has 0 aliphatic rings. The quantitative estimate of drug-likeness (QED) is 0.739.